The van der Waals surface area contributed by atoms with Gasteiger partial charge in [-0.2, -0.15) is 0 Å². The summed E-state index contributed by atoms with van der Waals surface area (Å²) in [5, 5.41) is 6.08. The second-order valence-corrected chi connectivity index (χ2v) is 9.08. The van der Waals surface area contributed by atoms with Gasteiger partial charge in [-0.05, 0) is 49.2 Å². The second-order valence-electron chi connectivity index (χ2n) is 6.67. The number of aromatic nitrogens is 1. The fraction of sp³-hybridized carbons (Fsp3) is 0.0870. The normalized spacial score (nSPS) is 11.5. The third-order valence-electron chi connectivity index (χ3n) is 4.82. The van der Waals surface area contributed by atoms with Crippen LogP contribution in [0.15, 0.2) is 85.1 Å². The first kappa shape index (κ1) is 17.5. The van der Waals surface area contributed by atoms with E-state index in [0.717, 1.165) is 38.3 Å². The molecule has 27 heavy (non-hydrogen) atoms. The molecule has 0 amide bonds. The summed E-state index contributed by atoms with van der Waals surface area (Å²) in [6.07, 6.45) is 1.76. The predicted molar refractivity (Wildman–Crippen MR) is 115 cm³/mol. The number of para-hydroxylation sites is 1. The molecule has 0 bridgehead atoms. The third kappa shape index (κ3) is 3.15. The van der Waals surface area contributed by atoms with Gasteiger partial charge in [-0.3, -0.25) is 9.55 Å². The second kappa shape index (κ2) is 7.02. The zero-order valence-electron chi connectivity index (χ0n) is 15.4. The fourth-order valence-electron chi connectivity index (χ4n) is 3.45. The molecule has 4 aromatic rings. The molecule has 1 heterocycles. The van der Waals surface area contributed by atoms with E-state index in [4.69, 9.17) is 0 Å². The summed E-state index contributed by atoms with van der Waals surface area (Å²) in [5.74, 6) is 0. The van der Waals surface area contributed by atoms with E-state index in [9.17, 15) is 4.57 Å². The van der Waals surface area contributed by atoms with Crippen molar-refractivity contribution in [2.45, 2.75) is 13.8 Å². The van der Waals surface area contributed by atoms with E-state index < -0.39 is 7.29 Å². The first-order valence-electron chi connectivity index (χ1n) is 8.94. The SMILES string of the molecule is Cc1ccccc1P(=O)(Nc1cccc2cccnc12)c1ccccc1C. The van der Waals surface area contributed by atoms with E-state index in [2.05, 4.69) is 10.1 Å². The summed E-state index contributed by atoms with van der Waals surface area (Å²) >= 11 is 0. The fourth-order valence-corrected chi connectivity index (χ4v) is 6.20. The minimum absolute atomic E-state index is 0.780. The standard InChI is InChI=1S/C23H21N2OP/c1-17-9-3-5-14-21(17)27(26,22-15-6-4-10-18(22)2)25-20-13-7-11-19-12-8-16-24-23(19)20/h3-16H,1-2H3,(H,25,26). The van der Waals surface area contributed by atoms with Crippen molar-refractivity contribution in [3.05, 3.63) is 96.2 Å². The molecule has 0 aliphatic rings. The molecular formula is C23H21N2OP. The summed E-state index contributed by atoms with van der Waals surface area (Å²) in [4.78, 5) is 4.51. The van der Waals surface area contributed by atoms with Crippen LogP contribution in [0.3, 0.4) is 0 Å². The molecule has 0 atom stereocenters. The summed E-state index contributed by atoms with van der Waals surface area (Å²) in [6.45, 7) is 4.01. The maximum absolute atomic E-state index is 14.5. The van der Waals surface area contributed by atoms with Gasteiger partial charge in [-0.15, -0.1) is 0 Å². The molecule has 134 valence electrons. The number of nitrogens with zero attached hydrogens (tertiary/aromatic N) is 1. The molecule has 1 aromatic heterocycles. The van der Waals surface area contributed by atoms with Gasteiger partial charge in [-0.1, -0.05) is 54.6 Å². The van der Waals surface area contributed by atoms with Crippen molar-refractivity contribution in [3.8, 4) is 0 Å². The molecule has 0 saturated heterocycles. The molecule has 1 N–H and O–H groups in total. The summed E-state index contributed by atoms with van der Waals surface area (Å²) in [5.41, 5.74) is 3.61. The Bertz CT molecular complexity index is 1110. The highest BCUT2D eigenvalue weighted by Crippen LogP contribution is 2.46. The van der Waals surface area contributed by atoms with Gasteiger partial charge in [0, 0.05) is 22.2 Å². The number of hydrogen-bond acceptors (Lipinski definition) is 2. The van der Waals surface area contributed by atoms with Gasteiger partial charge in [0.2, 0.25) is 7.29 Å². The van der Waals surface area contributed by atoms with Gasteiger partial charge >= 0.3 is 0 Å². The number of fused-ring (bicyclic) bond motifs is 1. The monoisotopic (exact) mass is 372 g/mol. The highest BCUT2D eigenvalue weighted by Gasteiger charge is 2.30. The summed E-state index contributed by atoms with van der Waals surface area (Å²) < 4.78 is 14.5. The predicted octanol–water partition coefficient (Wildman–Crippen LogP) is 5.19. The maximum atomic E-state index is 14.5. The van der Waals surface area contributed by atoms with Gasteiger partial charge in [0.25, 0.3) is 0 Å². The summed E-state index contributed by atoms with van der Waals surface area (Å²) in [7, 11) is -3.12. The van der Waals surface area contributed by atoms with Crippen LogP contribution >= 0.6 is 7.29 Å². The minimum atomic E-state index is -3.12. The molecular weight excluding hydrogens is 351 g/mol. The van der Waals surface area contributed by atoms with Crippen LogP contribution in [-0.2, 0) is 4.57 Å². The van der Waals surface area contributed by atoms with Crippen molar-refractivity contribution >= 4 is 34.5 Å². The Morgan fingerprint density at radius 3 is 1.96 bits per heavy atom. The van der Waals surface area contributed by atoms with E-state index in [1.54, 1.807) is 6.20 Å². The third-order valence-corrected chi connectivity index (χ3v) is 7.74. The Morgan fingerprint density at radius 1 is 0.741 bits per heavy atom. The molecule has 0 aliphatic heterocycles. The molecule has 0 radical (unpaired) electrons. The molecule has 0 fully saturated rings. The summed E-state index contributed by atoms with van der Waals surface area (Å²) in [6, 6.07) is 25.6. The molecule has 4 rings (SSSR count). The Labute approximate surface area is 159 Å². The maximum Gasteiger partial charge on any atom is 0.227 e. The average Bonchev–Trinajstić information content (AvgIpc) is 2.69. The molecule has 0 saturated carbocycles. The molecule has 0 unspecified atom stereocenters. The van der Waals surface area contributed by atoms with Crippen LogP contribution < -0.4 is 15.7 Å². The Morgan fingerprint density at radius 2 is 1.33 bits per heavy atom. The number of hydrogen-bond donors (Lipinski definition) is 1. The van der Waals surface area contributed by atoms with Crippen molar-refractivity contribution < 1.29 is 4.57 Å². The molecule has 4 heteroatoms. The van der Waals surface area contributed by atoms with Crippen LogP contribution in [-0.4, -0.2) is 4.98 Å². The first-order valence-corrected chi connectivity index (χ1v) is 10.6. The van der Waals surface area contributed by atoms with E-state index >= 15 is 0 Å². The zero-order valence-corrected chi connectivity index (χ0v) is 16.3. The topological polar surface area (TPSA) is 42.0 Å². The van der Waals surface area contributed by atoms with Gasteiger partial charge in [-0.25, -0.2) is 0 Å². The smallest absolute Gasteiger partial charge is 0.227 e. The lowest BCUT2D eigenvalue weighted by Gasteiger charge is -2.25. The number of anilines is 1. The highest BCUT2D eigenvalue weighted by molar-refractivity contribution is 7.80. The van der Waals surface area contributed by atoms with Gasteiger partial charge in [0.15, 0.2) is 0 Å². The van der Waals surface area contributed by atoms with E-state index in [0.29, 0.717) is 0 Å². The van der Waals surface area contributed by atoms with E-state index in [1.165, 1.54) is 0 Å². The van der Waals surface area contributed by atoms with Gasteiger partial charge < -0.3 is 5.09 Å². The Kier molecular flexibility index (Phi) is 4.55. The van der Waals surface area contributed by atoms with Crippen LogP contribution in [0.2, 0.25) is 0 Å². The quantitative estimate of drug-likeness (QED) is 0.501. The first-order chi connectivity index (χ1) is 13.1. The van der Waals surface area contributed by atoms with Crippen LogP contribution in [0, 0.1) is 13.8 Å². The minimum Gasteiger partial charge on any atom is -0.327 e. The number of nitrogens with one attached hydrogen (secondary N) is 1. The lowest BCUT2D eigenvalue weighted by molar-refractivity contribution is 0.590. The number of rotatable bonds is 4. The zero-order chi connectivity index (χ0) is 18.9. The Balaban J connectivity index is 1.96. The number of benzene rings is 3. The molecule has 3 aromatic carbocycles. The van der Waals surface area contributed by atoms with E-state index in [-0.39, 0.29) is 0 Å². The lowest BCUT2D eigenvalue weighted by Crippen LogP contribution is -2.25. The van der Waals surface area contributed by atoms with Crippen LogP contribution in [0.4, 0.5) is 5.69 Å². The average molecular weight is 372 g/mol. The van der Waals surface area contributed by atoms with Crippen LogP contribution in [0.25, 0.3) is 10.9 Å². The molecule has 0 aliphatic carbocycles. The highest BCUT2D eigenvalue weighted by atomic mass is 31.2. The van der Waals surface area contributed by atoms with Crippen molar-refractivity contribution in [2.24, 2.45) is 0 Å². The largest absolute Gasteiger partial charge is 0.327 e. The van der Waals surface area contributed by atoms with Crippen molar-refractivity contribution in [1.29, 1.82) is 0 Å². The lowest BCUT2D eigenvalue weighted by atomic mass is 10.2. The van der Waals surface area contributed by atoms with Crippen molar-refractivity contribution in [2.75, 3.05) is 5.09 Å². The van der Waals surface area contributed by atoms with E-state index in [1.807, 2.05) is 92.7 Å². The van der Waals surface area contributed by atoms with Crippen LogP contribution in [0.1, 0.15) is 11.1 Å². The number of aryl methyl sites for hydroxylation is 2. The van der Waals surface area contributed by atoms with Crippen molar-refractivity contribution in [1.82, 2.24) is 4.98 Å². The molecule has 3 nitrogen and oxygen atoms in total. The number of pyridine rings is 1. The van der Waals surface area contributed by atoms with Crippen molar-refractivity contribution in [3.63, 3.8) is 0 Å². The van der Waals surface area contributed by atoms with Gasteiger partial charge in [0.1, 0.15) is 0 Å². The van der Waals surface area contributed by atoms with Crippen LogP contribution in [0.5, 0.6) is 0 Å². The Hall–Kier alpha value is -2.90. The molecule has 0 spiro atoms. The van der Waals surface area contributed by atoms with Gasteiger partial charge in [0.05, 0.1) is 11.2 Å².